The Bertz CT molecular complexity index is 587. The van der Waals surface area contributed by atoms with Gasteiger partial charge in [-0.25, -0.2) is 5.43 Å². The van der Waals surface area contributed by atoms with Crippen LogP contribution in [0.1, 0.15) is 18.2 Å². The van der Waals surface area contributed by atoms with Crippen molar-refractivity contribution in [2.75, 3.05) is 0 Å². The van der Waals surface area contributed by atoms with Crippen molar-refractivity contribution in [2.45, 2.75) is 13.3 Å². The lowest BCUT2D eigenvalue weighted by molar-refractivity contribution is -0.120. The molecule has 0 unspecified atom stereocenters. The summed E-state index contributed by atoms with van der Waals surface area (Å²) in [5.74, 6) is -0.129. The summed E-state index contributed by atoms with van der Waals surface area (Å²) < 4.78 is 1.92. The third-order valence-electron chi connectivity index (χ3n) is 2.84. The molecule has 0 spiro atoms. The Hall–Kier alpha value is -2.43. The number of carbonyl (C=O) groups is 1. The Labute approximate surface area is 112 Å². The van der Waals surface area contributed by atoms with Crippen molar-refractivity contribution in [1.29, 1.82) is 0 Å². The maximum Gasteiger partial charge on any atom is 0.246 e. The molecule has 2 aromatic heterocycles. The van der Waals surface area contributed by atoms with Crippen molar-refractivity contribution in [3.05, 3.63) is 54.1 Å². The highest BCUT2D eigenvalue weighted by molar-refractivity contribution is 5.99. The Morgan fingerprint density at radius 2 is 2.11 bits per heavy atom. The summed E-state index contributed by atoms with van der Waals surface area (Å²) in [5, 5.41) is 4.08. The molecular weight excluding hydrogens is 240 g/mol. The number of amides is 1. The zero-order valence-corrected chi connectivity index (χ0v) is 11.0. The molecule has 0 saturated carbocycles. The van der Waals surface area contributed by atoms with Crippen molar-refractivity contribution in [2.24, 2.45) is 12.1 Å². The molecule has 5 heteroatoms. The summed E-state index contributed by atoms with van der Waals surface area (Å²) in [4.78, 5) is 15.7. The van der Waals surface area contributed by atoms with Crippen LogP contribution in [0.2, 0.25) is 0 Å². The monoisotopic (exact) mass is 256 g/mol. The van der Waals surface area contributed by atoms with E-state index >= 15 is 0 Å². The van der Waals surface area contributed by atoms with E-state index < -0.39 is 0 Å². The smallest absolute Gasteiger partial charge is 0.246 e. The molecule has 0 fully saturated rings. The number of hydrazone groups is 1. The zero-order valence-electron chi connectivity index (χ0n) is 11.0. The second-order valence-corrected chi connectivity index (χ2v) is 4.26. The van der Waals surface area contributed by atoms with E-state index in [1.165, 1.54) is 0 Å². The average Bonchev–Trinajstić information content (AvgIpc) is 2.82. The van der Waals surface area contributed by atoms with E-state index in [4.69, 9.17) is 0 Å². The molecule has 19 heavy (non-hydrogen) atoms. The Morgan fingerprint density at radius 3 is 2.74 bits per heavy atom. The van der Waals surface area contributed by atoms with Crippen LogP contribution in [0.3, 0.4) is 0 Å². The third kappa shape index (κ3) is 3.51. The first-order valence-electron chi connectivity index (χ1n) is 6.00. The molecule has 0 atom stereocenters. The third-order valence-corrected chi connectivity index (χ3v) is 2.84. The van der Waals surface area contributed by atoms with E-state index in [1.807, 2.05) is 49.0 Å². The lowest BCUT2D eigenvalue weighted by atomic mass is 10.2. The van der Waals surface area contributed by atoms with Crippen molar-refractivity contribution >= 4 is 11.6 Å². The van der Waals surface area contributed by atoms with Crippen LogP contribution in [-0.2, 0) is 18.3 Å². The van der Waals surface area contributed by atoms with E-state index in [0.717, 1.165) is 17.0 Å². The highest BCUT2D eigenvalue weighted by Crippen LogP contribution is 2.01. The fourth-order valence-electron chi connectivity index (χ4n) is 1.69. The summed E-state index contributed by atoms with van der Waals surface area (Å²) in [6, 6.07) is 7.53. The van der Waals surface area contributed by atoms with Gasteiger partial charge in [-0.2, -0.15) is 5.10 Å². The Balaban J connectivity index is 1.95. The largest absolute Gasteiger partial charge is 0.354 e. The topological polar surface area (TPSA) is 59.3 Å². The maximum atomic E-state index is 11.8. The molecule has 2 rings (SSSR count). The molecule has 1 amide bonds. The fraction of sp³-hybridized carbons (Fsp3) is 0.214. The standard InChI is InChI=1S/C14H16N4O/c1-11(12-5-7-15-8-6-12)16-17-14(19)10-13-4-3-9-18(13)2/h3-9H,10H2,1-2H3,(H,17,19). The summed E-state index contributed by atoms with van der Waals surface area (Å²) >= 11 is 0. The zero-order chi connectivity index (χ0) is 13.7. The van der Waals surface area contributed by atoms with Crippen LogP contribution < -0.4 is 5.43 Å². The van der Waals surface area contributed by atoms with Crippen molar-refractivity contribution in [3.8, 4) is 0 Å². The Kier molecular flexibility index (Phi) is 4.07. The summed E-state index contributed by atoms with van der Waals surface area (Å²) in [6.45, 7) is 1.85. The fourth-order valence-corrected chi connectivity index (χ4v) is 1.69. The van der Waals surface area contributed by atoms with E-state index in [1.54, 1.807) is 12.4 Å². The molecule has 0 radical (unpaired) electrons. The number of rotatable bonds is 4. The second-order valence-electron chi connectivity index (χ2n) is 4.26. The van der Waals surface area contributed by atoms with Crippen molar-refractivity contribution in [1.82, 2.24) is 15.0 Å². The van der Waals surface area contributed by atoms with Gasteiger partial charge in [0.25, 0.3) is 0 Å². The number of nitrogens with one attached hydrogen (secondary N) is 1. The first-order chi connectivity index (χ1) is 9.16. The predicted molar refractivity (Wildman–Crippen MR) is 73.7 cm³/mol. The number of hydrogen-bond donors (Lipinski definition) is 1. The number of hydrogen-bond acceptors (Lipinski definition) is 3. The van der Waals surface area contributed by atoms with Crippen LogP contribution in [-0.4, -0.2) is 21.2 Å². The molecule has 98 valence electrons. The molecule has 0 aliphatic carbocycles. The number of nitrogens with zero attached hydrogens (tertiary/aromatic N) is 3. The Morgan fingerprint density at radius 1 is 1.37 bits per heavy atom. The minimum atomic E-state index is -0.129. The highest BCUT2D eigenvalue weighted by atomic mass is 16.2. The van der Waals surface area contributed by atoms with Gasteiger partial charge in [-0.1, -0.05) is 0 Å². The van der Waals surface area contributed by atoms with Gasteiger partial charge in [0, 0.05) is 36.9 Å². The van der Waals surface area contributed by atoms with Gasteiger partial charge in [0.1, 0.15) is 0 Å². The molecular formula is C14H16N4O. The van der Waals surface area contributed by atoms with Gasteiger partial charge >= 0.3 is 0 Å². The number of aryl methyl sites for hydroxylation is 1. The quantitative estimate of drug-likeness (QED) is 0.665. The van der Waals surface area contributed by atoms with E-state index in [9.17, 15) is 4.79 Å². The summed E-state index contributed by atoms with van der Waals surface area (Å²) in [5.41, 5.74) is 5.21. The van der Waals surface area contributed by atoms with Crippen LogP contribution in [0.5, 0.6) is 0 Å². The van der Waals surface area contributed by atoms with E-state index in [2.05, 4.69) is 15.5 Å². The first-order valence-corrected chi connectivity index (χ1v) is 6.00. The van der Waals surface area contributed by atoms with Crippen molar-refractivity contribution < 1.29 is 4.79 Å². The highest BCUT2D eigenvalue weighted by Gasteiger charge is 2.05. The molecule has 2 aromatic rings. The van der Waals surface area contributed by atoms with E-state index in [0.29, 0.717) is 6.42 Å². The lowest BCUT2D eigenvalue weighted by Crippen LogP contribution is -2.22. The summed E-state index contributed by atoms with van der Waals surface area (Å²) in [6.07, 6.45) is 5.62. The SMILES string of the molecule is CC(=NNC(=O)Cc1cccn1C)c1ccncc1. The molecule has 0 bridgehead atoms. The molecule has 0 aliphatic rings. The van der Waals surface area contributed by atoms with Crippen LogP contribution in [0.4, 0.5) is 0 Å². The first kappa shape index (κ1) is 13.0. The van der Waals surface area contributed by atoms with E-state index in [-0.39, 0.29) is 5.91 Å². The van der Waals surface area contributed by atoms with Crippen LogP contribution in [0.25, 0.3) is 0 Å². The molecule has 5 nitrogen and oxygen atoms in total. The number of carbonyl (C=O) groups excluding carboxylic acids is 1. The van der Waals surface area contributed by atoms with Gasteiger partial charge in [0.2, 0.25) is 5.91 Å². The maximum absolute atomic E-state index is 11.8. The normalized spacial score (nSPS) is 11.4. The molecule has 1 N–H and O–H groups in total. The molecule has 0 saturated heterocycles. The summed E-state index contributed by atoms with van der Waals surface area (Å²) in [7, 11) is 1.91. The second kappa shape index (κ2) is 5.95. The lowest BCUT2D eigenvalue weighted by Gasteiger charge is -2.04. The molecule has 2 heterocycles. The number of aromatic nitrogens is 2. The minimum absolute atomic E-state index is 0.129. The van der Waals surface area contributed by atoms with Gasteiger partial charge in [0.15, 0.2) is 0 Å². The van der Waals surface area contributed by atoms with Crippen LogP contribution >= 0.6 is 0 Å². The van der Waals surface area contributed by atoms with Crippen molar-refractivity contribution in [3.63, 3.8) is 0 Å². The minimum Gasteiger partial charge on any atom is -0.354 e. The molecule has 0 aliphatic heterocycles. The average molecular weight is 256 g/mol. The van der Waals surface area contributed by atoms with Crippen LogP contribution in [0.15, 0.2) is 48.0 Å². The van der Waals surface area contributed by atoms with Gasteiger partial charge < -0.3 is 4.57 Å². The van der Waals surface area contributed by atoms with Crippen LogP contribution in [0, 0.1) is 0 Å². The van der Waals surface area contributed by atoms with Gasteiger partial charge in [-0.05, 0) is 31.2 Å². The van der Waals surface area contributed by atoms with Gasteiger partial charge in [-0.3, -0.25) is 9.78 Å². The predicted octanol–water partition coefficient (Wildman–Crippen LogP) is 1.50. The van der Waals surface area contributed by atoms with Gasteiger partial charge in [0.05, 0.1) is 12.1 Å². The number of pyridine rings is 1. The molecule has 0 aromatic carbocycles. The van der Waals surface area contributed by atoms with Gasteiger partial charge in [-0.15, -0.1) is 0 Å².